The second kappa shape index (κ2) is 7.68. The van der Waals surface area contributed by atoms with Gasteiger partial charge in [0.15, 0.2) is 0 Å². The summed E-state index contributed by atoms with van der Waals surface area (Å²) in [5.41, 5.74) is 6.34. The van der Waals surface area contributed by atoms with Gasteiger partial charge in [-0.15, -0.1) is 0 Å². The number of amides is 1. The third kappa shape index (κ3) is 3.46. The monoisotopic (exact) mass is 238 g/mol. The predicted molar refractivity (Wildman–Crippen MR) is 70.3 cm³/mol. The number of carbonyl (C=O) groups excluding carboxylic acids is 1. The number of nitrogens with two attached hydrogens (primary N) is 1. The Hall–Kier alpha value is -1.55. The summed E-state index contributed by atoms with van der Waals surface area (Å²) in [5, 5.41) is 0. The first-order chi connectivity index (χ1) is 8.22. The molecule has 17 heavy (non-hydrogen) atoms. The van der Waals surface area contributed by atoms with Gasteiger partial charge in [0.2, 0.25) is 0 Å². The summed E-state index contributed by atoms with van der Waals surface area (Å²) in [6.07, 6.45) is 0. The molecule has 1 amide bonds. The lowest BCUT2D eigenvalue weighted by Crippen LogP contribution is -2.17. The Morgan fingerprint density at radius 1 is 1.29 bits per heavy atom. The fraction of sp³-hybridized carbons (Fsp3) is 0.462. The smallest absolute Gasteiger partial charge is 0.254 e. The highest BCUT2D eigenvalue weighted by atomic mass is 16.5. The van der Waals surface area contributed by atoms with Crippen molar-refractivity contribution in [3.8, 4) is 5.75 Å². The van der Waals surface area contributed by atoms with Gasteiger partial charge in [0.1, 0.15) is 5.75 Å². The molecule has 2 rings (SSSR count). The first kappa shape index (κ1) is 15.4. The zero-order valence-electron chi connectivity index (χ0n) is 11.3. The first-order valence-corrected chi connectivity index (χ1v) is 5.72. The molecule has 0 atom stereocenters. The molecule has 1 aliphatic rings. The van der Waals surface area contributed by atoms with Crippen LogP contribution in [0.2, 0.25) is 0 Å². The molecule has 0 radical (unpaired) electrons. The van der Waals surface area contributed by atoms with E-state index in [9.17, 15) is 4.79 Å². The molecule has 4 nitrogen and oxygen atoms in total. The van der Waals surface area contributed by atoms with Crippen LogP contribution in [0.15, 0.2) is 18.2 Å². The van der Waals surface area contributed by atoms with E-state index in [1.165, 1.54) is 7.05 Å². The molecule has 1 aromatic carbocycles. The zero-order chi connectivity index (χ0) is 13.4. The largest absolute Gasteiger partial charge is 0.497 e. The van der Waals surface area contributed by atoms with Crippen LogP contribution < -0.4 is 10.5 Å². The molecule has 0 spiro atoms. The SMILES string of the molecule is CC.CN.COc1ccc2c(c1)C(=O)N(C)C2. The van der Waals surface area contributed by atoms with E-state index in [0.717, 1.165) is 16.9 Å². The lowest BCUT2D eigenvalue weighted by Gasteiger charge is -2.04. The lowest BCUT2D eigenvalue weighted by atomic mass is 10.1. The molecule has 1 aliphatic heterocycles. The van der Waals surface area contributed by atoms with Crippen LogP contribution in [0.25, 0.3) is 0 Å². The zero-order valence-corrected chi connectivity index (χ0v) is 11.3. The third-order valence-electron chi connectivity index (χ3n) is 2.30. The lowest BCUT2D eigenvalue weighted by molar-refractivity contribution is 0.0816. The molecular formula is C13H22N2O2. The van der Waals surface area contributed by atoms with Crippen molar-refractivity contribution in [1.29, 1.82) is 0 Å². The maximum atomic E-state index is 11.5. The number of methoxy groups -OCH3 is 1. The summed E-state index contributed by atoms with van der Waals surface area (Å²) in [6.45, 7) is 4.71. The number of benzene rings is 1. The molecular weight excluding hydrogens is 216 g/mol. The molecule has 2 N–H and O–H groups in total. The number of hydrogen-bond acceptors (Lipinski definition) is 3. The molecule has 1 aromatic rings. The predicted octanol–water partition coefficient (Wildman–Crippen LogP) is 1.88. The maximum absolute atomic E-state index is 11.5. The quantitative estimate of drug-likeness (QED) is 0.812. The maximum Gasteiger partial charge on any atom is 0.254 e. The summed E-state index contributed by atoms with van der Waals surface area (Å²) in [5.74, 6) is 0.816. The Morgan fingerprint density at radius 3 is 2.41 bits per heavy atom. The van der Waals surface area contributed by atoms with E-state index in [1.54, 1.807) is 25.1 Å². The van der Waals surface area contributed by atoms with E-state index in [-0.39, 0.29) is 5.91 Å². The van der Waals surface area contributed by atoms with Crippen molar-refractivity contribution in [2.75, 3.05) is 21.2 Å². The minimum atomic E-state index is 0.0777. The molecule has 0 bridgehead atoms. The second-order valence-electron chi connectivity index (χ2n) is 3.18. The highest BCUT2D eigenvalue weighted by Crippen LogP contribution is 2.25. The van der Waals surface area contributed by atoms with Crippen LogP contribution in [-0.2, 0) is 6.54 Å². The molecule has 0 aromatic heterocycles. The van der Waals surface area contributed by atoms with E-state index < -0.39 is 0 Å². The van der Waals surface area contributed by atoms with Crippen molar-refractivity contribution >= 4 is 5.91 Å². The van der Waals surface area contributed by atoms with Crippen molar-refractivity contribution in [1.82, 2.24) is 4.90 Å². The number of ether oxygens (including phenoxy) is 1. The second-order valence-corrected chi connectivity index (χ2v) is 3.18. The summed E-state index contributed by atoms with van der Waals surface area (Å²) in [4.78, 5) is 13.2. The summed E-state index contributed by atoms with van der Waals surface area (Å²) in [6, 6.07) is 5.61. The number of rotatable bonds is 1. The summed E-state index contributed by atoms with van der Waals surface area (Å²) >= 11 is 0. The van der Waals surface area contributed by atoms with Gasteiger partial charge in [0.25, 0.3) is 5.91 Å². The van der Waals surface area contributed by atoms with E-state index in [0.29, 0.717) is 6.54 Å². The molecule has 0 unspecified atom stereocenters. The van der Waals surface area contributed by atoms with Crippen LogP contribution in [0.4, 0.5) is 0 Å². The molecule has 0 saturated carbocycles. The summed E-state index contributed by atoms with van der Waals surface area (Å²) < 4.78 is 5.05. The average Bonchev–Trinajstić information content (AvgIpc) is 2.69. The van der Waals surface area contributed by atoms with Crippen LogP contribution >= 0.6 is 0 Å². The molecule has 96 valence electrons. The van der Waals surface area contributed by atoms with Gasteiger partial charge in [0, 0.05) is 19.2 Å². The van der Waals surface area contributed by atoms with Crippen molar-refractivity contribution < 1.29 is 9.53 Å². The number of nitrogens with zero attached hydrogens (tertiary/aromatic N) is 1. The number of hydrogen-bond donors (Lipinski definition) is 1. The molecule has 4 heteroatoms. The Labute approximate surface area is 103 Å². The van der Waals surface area contributed by atoms with Gasteiger partial charge in [-0.25, -0.2) is 0 Å². The molecule has 1 heterocycles. The number of carbonyl (C=O) groups is 1. The van der Waals surface area contributed by atoms with Crippen LogP contribution in [0.1, 0.15) is 29.8 Å². The van der Waals surface area contributed by atoms with E-state index in [4.69, 9.17) is 4.74 Å². The Balaban J connectivity index is 0.000000581. The molecule has 0 fully saturated rings. The fourth-order valence-corrected chi connectivity index (χ4v) is 1.55. The van der Waals surface area contributed by atoms with Crippen LogP contribution in [0.5, 0.6) is 5.75 Å². The van der Waals surface area contributed by atoms with Gasteiger partial charge < -0.3 is 15.4 Å². The normalized spacial score (nSPS) is 11.9. The summed E-state index contributed by atoms with van der Waals surface area (Å²) in [7, 11) is 4.90. The number of fused-ring (bicyclic) bond motifs is 1. The van der Waals surface area contributed by atoms with Crippen molar-refractivity contribution in [3.05, 3.63) is 29.3 Å². The topological polar surface area (TPSA) is 55.6 Å². The highest BCUT2D eigenvalue weighted by molar-refractivity contribution is 5.98. The Bertz CT molecular complexity index is 364. The highest BCUT2D eigenvalue weighted by Gasteiger charge is 2.24. The van der Waals surface area contributed by atoms with Gasteiger partial charge in [-0.05, 0) is 24.7 Å². The minimum Gasteiger partial charge on any atom is -0.497 e. The van der Waals surface area contributed by atoms with Crippen molar-refractivity contribution in [2.24, 2.45) is 5.73 Å². The van der Waals surface area contributed by atoms with Gasteiger partial charge in [-0.1, -0.05) is 19.9 Å². The van der Waals surface area contributed by atoms with E-state index >= 15 is 0 Å². The van der Waals surface area contributed by atoms with Gasteiger partial charge in [-0.3, -0.25) is 4.79 Å². The van der Waals surface area contributed by atoms with E-state index in [2.05, 4.69) is 5.73 Å². The van der Waals surface area contributed by atoms with Crippen molar-refractivity contribution in [2.45, 2.75) is 20.4 Å². The Morgan fingerprint density at radius 2 is 1.88 bits per heavy atom. The van der Waals surface area contributed by atoms with Crippen LogP contribution in [-0.4, -0.2) is 32.0 Å². The third-order valence-corrected chi connectivity index (χ3v) is 2.30. The fourth-order valence-electron chi connectivity index (χ4n) is 1.55. The minimum absolute atomic E-state index is 0.0777. The van der Waals surface area contributed by atoms with Gasteiger partial charge >= 0.3 is 0 Å². The standard InChI is InChI=1S/C10H11NO2.C2H6.CH5N/c1-11-6-7-3-4-8(13-2)5-9(7)10(11)12;2*1-2/h3-5H,6H2,1-2H3;1-2H3;2H2,1H3. The van der Waals surface area contributed by atoms with E-state index in [1.807, 2.05) is 26.0 Å². The Kier molecular flexibility index (Phi) is 6.98. The first-order valence-electron chi connectivity index (χ1n) is 5.72. The molecule has 0 saturated heterocycles. The average molecular weight is 238 g/mol. The van der Waals surface area contributed by atoms with Gasteiger partial charge in [-0.2, -0.15) is 0 Å². The van der Waals surface area contributed by atoms with Crippen LogP contribution in [0.3, 0.4) is 0 Å². The van der Waals surface area contributed by atoms with Crippen LogP contribution in [0, 0.1) is 0 Å². The van der Waals surface area contributed by atoms with Gasteiger partial charge in [0.05, 0.1) is 7.11 Å². The molecule has 0 aliphatic carbocycles. The van der Waals surface area contributed by atoms with Crippen molar-refractivity contribution in [3.63, 3.8) is 0 Å².